The number of hydrogen-bond donors (Lipinski definition) is 1. The molecule has 62 valence electrons. The molecule has 2 aliphatic rings. The minimum absolute atomic E-state index is 0.00407. The molecule has 0 unspecified atom stereocenters. The number of nitrogens with zero attached hydrogens (tertiary/aromatic N) is 1. The molecule has 1 heterocycles. The number of nitrogens with one attached hydrogen (secondary N) is 1. The van der Waals surface area contributed by atoms with Crippen molar-refractivity contribution in [2.24, 2.45) is 5.41 Å². The summed E-state index contributed by atoms with van der Waals surface area (Å²) >= 11 is 0. The van der Waals surface area contributed by atoms with E-state index in [1.165, 1.54) is 6.42 Å². The van der Waals surface area contributed by atoms with E-state index in [0.717, 1.165) is 30.5 Å². The Kier molecular flexibility index (Phi) is 0.953. The molecule has 0 aromatic carbocycles. The van der Waals surface area contributed by atoms with E-state index in [1.807, 2.05) is 0 Å². The van der Waals surface area contributed by atoms with E-state index >= 15 is 0 Å². The molecule has 0 atom stereocenters. The number of ketones is 1. The molecule has 1 aromatic heterocycles. The Morgan fingerprint density at radius 2 is 2.33 bits per heavy atom. The summed E-state index contributed by atoms with van der Waals surface area (Å²) in [5.74, 6) is 0.331. The second-order valence-corrected chi connectivity index (χ2v) is 3.90. The molecule has 0 saturated heterocycles. The van der Waals surface area contributed by atoms with Crippen molar-refractivity contribution in [1.82, 2.24) is 10.2 Å². The third-order valence-corrected chi connectivity index (χ3v) is 3.27. The lowest BCUT2D eigenvalue weighted by Gasteiger charge is -2.36. The van der Waals surface area contributed by atoms with Crippen molar-refractivity contribution in [2.45, 2.75) is 25.7 Å². The van der Waals surface area contributed by atoms with Crippen molar-refractivity contribution >= 4 is 5.78 Å². The number of carbonyl (C=O) groups is 1. The van der Waals surface area contributed by atoms with Gasteiger partial charge in [-0.25, -0.2) is 0 Å². The number of rotatable bonds is 0. The van der Waals surface area contributed by atoms with Gasteiger partial charge in [0.1, 0.15) is 0 Å². The monoisotopic (exact) mass is 162 g/mol. The highest BCUT2D eigenvalue weighted by Crippen LogP contribution is 2.50. The maximum atomic E-state index is 11.8. The van der Waals surface area contributed by atoms with E-state index < -0.39 is 0 Å². The van der Waals surface area contributed by atoms with Crippen LogP contribution < -0.4 is 0 Å². The van der Waals surface area contributed by atoms with Crippen LogP contribution in [0.3, 0.4) is 0 Å². The smallest absolute Gasteiger partial charge is 0.172 e. The van der Waals surface area contributed by atoms with Crippen LogP contribution >= 0.6 is 0 Å². The minimum Gasteiger partial charge on any atom is -0.293 e. The summed E-state index contributed by atoms with van der Waals surface area (Å²) < 4.78 is 0. The van der Waals surface area contributed by atoms with Crippen LogP contribution in [0.25, 0.3) is 0 Å². The molecular weight excluding hydrogens is 152 g/mol. The molecule has 12 heavy (non-hydrogen) atoms. The molecule has 1 aromatic rings. The van der Waals surface area contributed by atoms with Gasteiger partial charge in [0.05, 0.1) is 11.8 Å². The maximum absolute atomic E-state index is 11.8. The number of aromatic amines is 1. The summed E-state index contributed by atoms with van der Waals surface area (Å²) in [4.78, 5) is 11.8. The number of carbonyl (C=O) groups excluding carboxylic acids is 1. The van der Waals surface area contributed by atoms with E-state index in [2.05, 4.69) is 10.2 Å². The molecule has 3 nitrogen and oxygen atoms in total. The molecular formula is C9H10N2O. The Morgan fingerprint density at radius 1 is 1.50 bits per heavy atom. The van der Waals surface area contributed by atoms with E-state index in [-0.39, 0.29) is 5.41 Å². The fourth-order valence-electron chi connectivity index (χ4n) is 2.36. The number of fused-ring (bicyclic) bond motifs is 1. The number of hydrogen-bond acceptors (Lipinski definition) is 2. The fraction of sp³-hybridized carbons (Fsp3) is 0.556. The average Bonchev–Trinajstić information content (AvgIpc) is 2.49. The largest absolute Gasteiger partial charge is 0.293 e. The lowest BCUT2D eigenvalue weighted by Crippen LogP contribution is -2.35. The van der Waals surface area contributed by atoms with Gasteiger partial charge < -0.3 is 0 Å². The van der Waals surface area contributed by atoms with Crippen LogP contribution in [0.1, 0.15) is 35.3 Å². The van der Waals surface area contributed by atoms with Gasteiger partial charge in [-0.1, -0.05) is 6.42 Å². The minimum atomic E-state index is 0.00407. The second kappa shape index (κ2) is 1.79. The fourth-order valence-corrected chi connectivity index (χ4v) is 2.36. The summed E-state index contributed by atoms with van der Waals surface area (Å²) in [6.45, 7) is 0. The summed E-state index contributed by atoms with van der Waals surface area (Å²) in [7, 11) is 0. The molecule has 0 radical (unpaired) electrons. The predicted molar refractivity (Wildman–Crippen MR) is 42.9 cm³/mol. The number of Topliss-reactive ketones (excluding diaryl/α,β-unsaturated/α-hetero) is 1. The van der Waals surface area contributed by atoms with Gasteiger partial charge in [-0.15, -0.1) is 0 Å². The third-order valence-electron chi connectivity index (χ3n) is 3.27. The summed E-state index contributed by atoms with van der Waals surface area (Å²) in [5, 5.41) is 6.77. The molecule has 1 N–H and O–H groups in total. The van der Waals surface area contributed by atoms with Crippen molar-refractivity contribution < 1.29 is 4.79 Å². The highest BCUT2D eigenvalue weighted by Gasteiger charge is 2.50. The number of H-pyrrole nitrogens is 1. The summed E-state index contributed by atoms with van der Waals surface area (Å²) in [5.41, 5.74) is 1.90. The van der Waals surface area contributed by atoms with Gasteiger partial charge >= 0.3 is 0 Å². The van der Waals surface area contributed by atoms with Crippen LogP contribution in [0.4, 0.5) is 0 Å². The van der Waals surface area contributed by atoms with Crippen molar-refractivity contribution in [3.63, 3.8) is 0 Å². The van der Waals surface area contributed by atoms with Crippen LogP contribution in [0.2, 0.25) is 0 Å². The first-order chi connectivity index (χ1) is 5.82. The Morgan fingerprint density at radius 3 is 2.92 bits per heavy atom. The van der Waals surface area contributed by atoms with E-state index in [4.69, 9.17) is 0 Å². The summed E-state index contributed by atoms with van der Waals surface area (Å²) in [6.07, 6.45) is 5.94. The molecule has 1 spiro atoms. The molecule has 0 aliphatic heterocycles. The molecule has 3 rings (SSSR count). The standard InChI is InChI=1S/C9H10N2O/c12-8-6-5-10-11-7(6)4-9(8)2-1-3-9/h5H,1-4H2,(H,10,11). The maximum Gasteiger partial charge on any atom is 0.172 e. The molecule has 0 bridgehead atoms. The zero-order chi connectivity index (χ0) is 8.18. The van der Waals surface area contributed by atoms with Crippen molar-refractivity contribution in [1.29, 1.82) is 0 Å². The first-order valence-corrected chi connectivity index (χ1v) is 4.39. The van der Waals surface area contributed by atoms with Crippen molar-refractivity contribution in [3.8, 4) is 0 Å². The molecule has 2 aliphatic carbocycles. The van der Waals surface area contributed by atoms with Gasteiger partial charge in [0.15, 0.2) is 5.78 Å². The topological polar surface area (TPSA) is 45.8 Å². The van der Waals surface area contributed by atoms with E-state index in [1.54, 1.807) is 6.20 Å². The molecule has 3 heteroatoms. The van der Waals surface area contributed by atoms with Crippen molar-refractivity contribution in [2.75, 3.05) is 0 Å². The number of aromatic nitrogens is 2. The van der Waals surface area contributed by atoms with Crippen LogP contribution in [-0.4, -0.2) is 16.0 Å². The lowest BCUT2D eigenvalue weighted by atomic mass is 9.66. The Balaban J connectivity index is 2.10. The predicted octanol–water partition coefficient (Wildman–Crippen LogP) is 1.32. The second-order valence-electron chi connectivity index (χ2n) is 3.90. The normalized spacial score (nSPS) is 24.2. The van der Waals surface area contributed by atoms with Crippen molar-refractivity contribution in [3.05, 3.63) is 17.5 Å². The van der Waals surface area contributed by atoms with Gasteiger partial charge in [0.2, 0.25) is 0 Å². The first kappa shape index (κ1) is 6.40. The van der Waals surface area contributed by atoms with Crippen LogP contribution in [0.5, 0.6) is 0 Å². The van der Waals surface area contributed by atoms with Crippen LogP contribution in [0.15, 0.2) is 6.20 Å². The van der Waals surface area contributed by atoms with Gasteiger partial charge in [0, 0.05) is 17.5 Å². The Bertz CT molecular complexity index is 349. The highest BCUT2D eigenvalue weighted by atomic mass is 16.1. The molecule has 1 saturated carbocycles. The Hall–Kier alpha value is -1.12. The first-order valence-electron chi connectivity index (χ1n) is 4.39. The van der Waals surface area contributed by atoms with E-state index in [9.17, 15) is 4.79 Å². The summed E-state index contributed by atoms with van der Waals surface area (Å²) in [6, 6.07) is 0. The van der Waals surface area contributed by atoms with Gasteiger partial charge in [0.25, 0.3) is 0 Å². The van der Waals surface area contributed by atoms with Gasteiger partial charge in [-0.05, 0) is 12.8 Å². The zero-order valence-corrected chi connectivity index (χ0v) is 6.76. The average molecular weight is 162 g/mol. The van der Waals surface area contributed by atoms with Crippen LogP contribution in [-0.2, 0) is 6.42 Å². The van der Waals surface area contributed by atoms with Gasteiger partial charge in [-0.3, -0.25) is 9.89 Å². The lowest BCUT2D eigenvalue weighted by molar-refractivity contribution is 0.0652. The SMILES string of the molecule is O=C1c2cn[nH]c2CC12CCC2. The third kappa shape index (κ3) is 0.543. The Labute approximate surface area is 70.2 Å². The zero-order valence-electron chi connectivity index (χ0n) is 6.76. The van der Waals surface area contributed by atoms with Gasteiger partial charge in [-0.2, -0.15) is 5.10 Å². The molecule has 1 fully saturated rings. The highest BCUT2D eigenvalue weighted by molar-refractivity contribution is 6.04. The van der Waals surface area contributed by atoms with E-state index in [0.29, 0.717) is 5.78 Å². The molecule has 0 amide bonds. The van der Waals surface area contributed by atoms with Crippen LogP contribution in [0, 0.1) is 5.41 Å². The quantitative estimate of drug-likeness (QED) is 0.625.